The summed E-state index contributed by atoms with van der Waals surface area (Å²) < 4.78 is 26.4. The number of aromatic carboxylic acids is 1. The van der Waals surface area contributed by atoms with Crippen LogP contribution in [0.5, 0.6) is 0 Å². The molecule has 2 rings (SSSR count). The number of rotatable bonds is 3. The zero-order chi connectivity index (χ0) is 14.9. The van der Waals surface area contributed by atoms with E-state index in [1.54, 1.807) is 6.92 Å². The minimum absolute atomic E-state index is 0.0235. The Bertz CT molecular complexity index is 676. The first-order chi connectivity index (χ1) is 9.32. The van der Waals surface area contributed by atoms with Crippen LogP contribution >= 0.6 is 0 Å². The molecule has 1 heterocycles. The zero-order valence-corrected chi connectivity index (χ0v) is 12.3. The van der Waals surface area contributed by atoms with E-state index in [4.69, 9.17) is 5.11 Å². The molecule has 0 radical (unpaired) electrons. The Morgan fingerprint density at radius 1 is 1.30 bits per heavy atom. The Kier molecular flexibility index (Phi) is 3.96. The average Bonchev–Trinajstić information content (AvgIpc) is 2.38. The van der Waals surface area contributed by atoms with Gasteiger partial charge in [0, 0.05) is 13.1 Å². The summed E-state index contributed by atoms with van der Waals surface area (Å²) in [5, 5.41) is 9.09. The molecule has 0 saturated heterocycles. The summed E-state index contributed by atoms with van der Waals surface area (Å²) in [4.78, 5) is 11.1. The molecule has 1 N–H and O–H groups in total. The van der Waals surface area contributed by atoms with E-state index in [1.165, 1.54) is 22.5 Å². The smallest absolute Gasteiger partial charge is 0.335 e. The van der Waals surface area contributed by atoms with E-state index in [2.05, 4.69) is 0 Å². The standard InChI is InChI=1S/C14H17NO4S/c1-10-4-3-7-15(9-10)20(18,19)12-6-5-11(2)13(8-12)14(16)17/h4-6,8H,3,7,9H2,1-2H3,(H,16,17). The van der Waals surface area contributed by atoms with Crippen molar-refractivity contribution in [1.82, 2.24) is 4.31 Å². The van der Waals surface area contributed by atoms with E-state index in [0.29, 0.717) is 25.1 Å². The SMILES string of the molecule is CC1=CCCN(S(=O)(=O)c2ccc(C)c(C(=O)O)c2)C1. The molecule has 0 amide bonds. The van der Waals surface area contributed by atoms with Crippen LogP contribution in [0.25, 0.3) is 0 Å². The highest BCUT2D eigenvalue weighted by Gasteiger charge is 2.27. The molecule has 1 aromatic rings. The van der Waals surface area contributed by atoms with Crippen LogP contribution in [-0.2, 0) is 10.0 Å². The lowest BCUT2D eigenvalue weighted by molar-refractivity contribution is 0.0696. The lowest BCUT2D eigenvalue weighted by Crippen LogP contribution is -2.35. The van der Waals surface area contributed by atoms with Crippen LogP contribution < -0.4 is 0 Å². The van der Waals surface area contributed by atoms with Gasteiger partial charge in [0.1, 0.15) is 0 Å². The monoisotopic (exact) mass is 295 g/mol. The number of hydrogen-bond donors (Lipinski definition) is 1. The number of carbonyl (C=O) groups is 1. The lowest BCUT2D eigenvalue weighted by Gasteiger charge is -2.25. The average molecular weight is 295 g/mol. The fourth-order valence-corrected chi connectivity index (χ4v) is 3.75. The van der Waals surface area contributed by atoms with Gasteiger partial charge in [-0.05, 0) is 38.0 Å². The predicted octanol–water partition coefficient (Wildman–Crippen LogP) is 2.03. The van der Waals surface area contributed by atoms with E-state index in [-0.39, 0.29) is 10.5 Å². The van der Waals surface area contributed by atoms with Crippen LogP contribution in [0.15, 0.2) is 34.7 Å². The largest absolute Gasteiger partial charge is 0.478 e. The van der Waals surface area contributed by atoms with Gasteiger partial charge in [-0.15, -0.1) is 0 Å². The van der Waals surface area contributed by atoms with Gasteiger partial charge in [-0.3, -0.25) is 0 Å². The molecule has 0 atom stereocenters. The minimum Gasteiger partial charge on any atom is -0.478 e. The first-order valence-electron chi connectivity index (χ1n) is 6.32. The van der Waals surface area contributed by atoms with Crippen LogP contribution in [0, 0.1) is 6.92 Å². The van der Waals surface area contributed by atoms with E-state index in [1.807, 2.05) is 13.0 Å². The number of aryl methyl sites for hydroxylation is 1. The molecule has 0 spiro atoms. The van der Waals surface area contributed by atoms with E-state index < -0.39 is 16.0 Å². The predicted molar refractivity (Wildman–Crippen MR) is 75.3 cm³/mol. The molecule has 0 aliphatic carbocycles. The molecule has 108 valence electrons. The normalized spacial score (nSPS) is 16.8. The van der Waals surface area contributed by atoms with Crippen molar-refractivity contribution in [3.8, 4) is 0 Å². The molecule has 1 aliphatic rings. The van der Waals surface area contributed by atoms with Crippen LogP contribution in [0.4, 0.5) is 0 Å². The quantitative estimate of drug-likeness (QED) is 0.866. The Balaban J connectivity index is 2.42. The molecule has 0 aromatic heterocycles. The van der Waals surface area contributed by atoms with Crippen LogP contribution in [0.2, 0.25) is 0 Å². The molecule has 0 unspecified atom stereocenters. The van der Waals surface area contributed by atoms with Crippen LogP contribution in [-0.4, -0.2) is 36.9 Å². The van der Waals surface area contributed by atoms with Crippen LogP contribution in [0.3, 0.4) is 0 Å². The maximum atomic E-state index is 12.5. The molecule has 1 aromatic carbocycles. The molecular formula is C14H17NO4S. The van der Waals surface area contributed by atoms with Crippen molar-refractivity contribution in [3.05, 3.63) is 41.0 Å². The number of carboxylic acid groups (broad SMARTS) is 1. The Hall–Kier alpha value is -1.66. The van der Waals surface area contributed by atoms with Gasteiger partial charge < -0.3 is 5.11 Å². The molecule has 0 fully saturated rings. The third-order valence-electron chi connectivity index (χ3n) is 3.37. The van der Waals surface area contributed by atoms with Gasteiger partial charge in [0.05, 0.1) is 10.5 Å². The Morgan fingerprint density at radius 2 is 2.00 bits per heavy atom. The number of carboxylic acids is 1. The zero-order valence-electron chi connectivity index (χ0n) is 11.5. The van der Waals surface area contributed by atoms with Crippen molar-refractivity contribution in [3.63, 3.8) is 0 Å². The second-order valence-corrected chi connectivity index (χ2v) is 6.90. The highest BCUT2D eigenvalue weighted by molar-refractivity contribution is 7.89. The van der Waals surface area contributed by atoms with Crippen molar-refractivity contribution in [2.45, 2.75) is 25.2 Å². The van der Waals surface area contributed by atoms with Crippen molar-refractivity contribution in [1.29, 1.82) is 0 Å². The van der Waals surface area contributed by atoms with Gasteiger partial charge in [0.15, 0.2) is 0 Å². The topological polar surface area (TPSA) is 74.7 Å². The molecule has 0 bridgehead atoms. The van der Waals surface area contributed by atoms with Crippen LogP contribution in [0.1, 0.15) is 29.3 Å². The molecule has 1 aliphatic heterocycles. The summed E-state index contributed by atoms with van der Waals surface area (Å²) in [7, 11) is -3.64. The fourth-order valence-electron chi connectivity index (χ4n) is 2.22. The fraction of sp³-hybridized carbons (Fsp3) is 0.357. The summed E-state index contributed by atoms with van der Waals surface area (Å²) >= 11 is 0. The third kappa shape index (κ3) is 2.76. The highest BCUT2D eigenvalue weighted by Crippen LogP contribution is 2.22. The van der Waals surface area contributed by atoms with Crippen molar-refractivity contribution in [2.75, 3.05) is 13.1 Å². The second kappa shape index (κ2) is 5.38. The van der Waals surface area contributed by atoms with Crippen molar-refractivity contribution < 1.29 is 18.3 Å². The summed E-state index contributed by atoms with van der Waals surface area (Å²) in [6, 6.07) is 4.23. The number of hydrogen-bond acceptors (Lipinski definition) is 3. The minimum atomic E-state index is -3.64. The third-order valence-corrected chi connectivity index (χ3v) is 5.22. The maximum Gasteiger partial charge on any atom is 0.335 e. The van der Waals surface area contributed by atoms with Gasteiger partial charge in [-0.25, -0.2) is 13.2 Å². The van der Waals surface area contributed by atoms with Gasteiger partial charge in [-0.1, -0.05) is 17.7 Å². The number of nitrogens with zero attached hydrogens (tertiary/aromatic N) is 1. The molecule has 20 heavy (non-hydrogen) atoms. The number of sulfonamides is 1. The summed E-state index contributed by atoms with van der Waals surface area (Å²) in [5.41, 5.74) is 1.58. The highest BCUT2D eigenvalue weighted by atomic mass is 32.2. The van der Waals surface area contributed by atoms with Crippen molar-refractivity contribution >= 4 is 16.0 Å². The Morgan fingerprint density at radius 3 is 2.60 bits per heavy atom. The van der Waals surface area contributed by atoms with Gasteiger partial charge in [0.2, 0.25) is 10.0 Å². The summed E-state index contributed by atoms with van der Waals surface area (Å²) in [6.07, 6.45) is 2.70. The second-order valence-electron chi connectivity index (χ2n) is 4.96. The maximum absolute atomic E-state index is 12.5. The first kappa shape index (κ1) is 14.7. The van der Waals surface area contributed by atoms with Crippen molar-refractivity contribution in [2.24, 2.45) is 0 Å². The lowest BCUT2D eigenvalue weighted by atomic mass is 10.1. The van der Waals surface area contributed by atoms with Gasteiger partial charge in [-0.2, -0.15) is 4.31 Å². The molecular weight excluding hydrogens is 278 g/mol. The molecule has 6 heteroatoms. The van der Waals surface area contributed by atoms with E-state index >= 15 is 0 Å². The summed E-state index contributed by atoms with van der Waals surface area (Å²) in [6.45, 7) is 4.32. The Labute approximate surface area is 118 Å². The molecule has 0 saturated carbocycles. The first-order valence-corrected chi connectivity index (χ1v) is 7.76. The molecule has 5 nitrogen and oxygen atoms in total. The number of benzene rings is 1. The van der Waals surface area contributed by atoms with E-state index in [0.717, 1.165) is 5.57 Å². The van der Waals surface area contributed by atoms with Gasteiger partial charge >= 0.3 is 5.97 Å². The summed E-state index contributed by atoms with van der Waals surface area (Å²) in [5.74, 6) is -1.12. The van der Waals surface area contributed by atoms with Gasteiger partial charge in [0.25, 0.3) is 0 Å². The van der Waals surface area contributed by atoms with E-state index in [9.17, 15) is 13.2 Å².